The van der Waals surface area contributed by atoms with Gasteiger partial charge in [0.05, 0.1) is 6.10 Å². The Kier molecular flexibility index (Phi) is 8.34. The second-order valence-electron chi connectivity index (χ2n) is 9.90. The molecule has 0 spiro atoms. The van der Waals surface area contributed by atoms with Crippen LogP contribution in [0.4, 0.5) is 0 Å². The van der Waals surface area contributed by atoms with E-state index in [-0.39, 0.29) is 27.6 Å². The summed E-state index contributed by atoms with van der Waals surface area (Å²) < 4.78 is 39.8. The van der Waals surface area contributed by atoms with Gasteiger partial charge >= 0.3 is 10.3 Å². The SMILES string of the molecule is C=C(C)[C@@H]1CCC(C)=C[C@H]1c1c(O)cc(CCCCC)cc1OC1[C@@H]([C@@H](C)O)C(=O)N1S(=O)(=O)O. The van der Waals surface area contributed by atoms with Crippen LogP contribution in [0.2, 0.25) is 0 Å². The largest absolute Gasteiger partial charge is 0.507 e. The van der Waals surface area contributed by atoms with Crippen LogP contribution < -0.4 is 4.74 Å². The fraction of sp³-hybridized carbons (Fsp3) is 0.577. The van der Waals surface area contributed by atoms with E-state index in [1.165, 1.54) is 6.92 Å². The molecular formula is C26H37NO7S. The van der Waals surface area contributed by atoms with Crippen molar-refractivity contribution in [3.63, 3.8) is 0 Å². The van der Waals surface area contributed by atoms with Crippen molar-refractivity contribution in [1.29, 1.82) is 0 Å². The standard InChI is InChI=1S/C26H37NO7S/c1-6-7-8-9-18-13-21(29)24(20-12-16(4)10-11-19(20)15(2)3)22(14-18)34-26-23(17(5)28)25(30)27(26)35(31,32)33/h12-14,17,19-20,23,26,28-29H,2,6-11H2,1,3-5H3,(H,31,32,33)/t17-,19+,20-,23+,26?/m1/s1. The summed E-state index contributed by atoms with van der Waals surface area (Å²) in [6.45, 7) is 11.6. The predicted octanol–water partition coefficient (Wildman–Crippen LogP) is 4.49. The molecule has 0 saturated carbocycles. The highest BCUT2D eigenvalue weighted by Gasteiger charge is 2.57. The van der Waals surface area contributed by atoms with Crippen LogP contribution in [0.1, 0.15) is 76.8 Å². The molecule has 2 aliphatic rings. The van der Waals surface area contributed by atoms with Gasteiger partial charge in [0.2, 0.25) is 6.23 Å². The molecule has 1 saturated heterocycles. The number of β-lactam (4-membered cyclic amide) rings is 1. The number of phenolic OH excluding ortho intramolecular Hbond substituents is 1. The average molecular weight is 508 g/mol. The Labute approximate surface area is 208 Å². The molecule has 1 aliphatic heterocycles. The average Bonchev–Trinajstić information content (AvgIpc) is 2.71. The second kappa shape index (κ2) is 10.7. The van der Waals surface area contributed by atoms with Crippen molar-refractivity contribution >= 4 is 16.2 Å². The number of phenols is 1. The molecule has 3 rings (SSSR count). The molecule has 1 unspecified atom stereocenters. The third-order valence-corrected chi connectivity index (χ3v) is 7.90. The lowest BCUT2D eigenvalue weighted by molar-refractivity contribution is -0.171. The maximum Gasteiger partial charge on any atom is 0.365 e. The smallest absolute Gasteiger partial charge is 0.365 e. The van der Waals surface area contributed by atoms with Crippen LogP contribution in [0.3, 0.4) is 0 Å². The van der Waals surface area contributed by atoms with Crippen molar-refractivity contribution in [3.05, 3.63) is 47.1 Å². The number of ether oxygens (including phenoxy) is 1. The molecule has 0 bridgehead atoms. The molecule has 35 heavy (non-hydrogen) atoms. The van der Waals surface area contributed by atoms with Gasteiger partial charge in [-0.05, 0) is 70.1 Å². The number of aliphatic hydroxyl groups excluding tert-OH is 1. The Balaban J connectivity index is 2.12. The van der Waals surface area contributed by atoms with Crippen molar-refractivity contribution in [1.82, 2.24) is 4.31 Å². The maximum atomic E-state index is 12.4. The maximum absolute atomic E-state index is 12.4. The molecule has 1 heterocycles. The number of rotatable bonds is 10. The predicted molar refractivity (Wildman–Crippen MR) is 133 cm³/mol. The molecule has 0 aromatic heterocycles. The van der Waals surface area contributed by atoms with Crippen LogP contribution in [-0.2, 0) is 21.5 Å². The van der Waals surface area contributed by atoms with E-state index in [1.807, 2.05) is 13.8 Å². The number of allylic oxidation sites excluding steroid dienone is 3. The molecule has 194 valence electrons. The van der Waals surface area contributed by atoms with E-state index in [2.05, 4.69) is 19.6 Å². The van der Waals surface area contributed by atoms with Crippen molar-refractivity contribution in [2.45, 2.75) is 84.5 Å². The van der Waals surface area contributed by atoms with E-state index in [9.17, 15) is 28.0 Å². The summed E-state index contributed by atoms with van der Waals surface area (Å²) in [5.41, 5.74) is 3.41. The Bertz CT molecular complexity index is 1110. The fourth-order valence-electron chi connectivity index (χ4n) is 5.13. The number of hydrogen-bond donors (Lipinski definition) is 3. The van der Waals surface area contributed by atoms with Gasteiger partial charge in [-0.2, -0.15) is 12.7 Å². The molecule has 8 nitrogen and oxygen atoms in total. The van der Waals surface area contributed by atoms with E-state index in [0.717, 1.165) is 48.8 Å². The van der Waals surface area contributed by atoms with E-state index in [0.29, 0.717) is 12.0 Å². The van der Waals surface area contributed by atoms with Gasteiger partial charge in [0.1, 0.15) is 17.4 Å². The first-order chi connectivity index (χ1) is 16.4. The number of benzene rings is 1. The third-order valence-electron chi connectivity index (χ3n) is 7.02. The number of unbranched alkanes of at least 4 members (excludes halogenated alkanes) is 2. The van der Waals surface area contributed by atoms with E-state index >= 15 is 0 Å². The van der Waals surface area contributed by atoms with Gasteiger partial charge in [0, 0.05) is 11.5 Å². The third kappa shape index (κ3) is 5.73. The highest BCUT2D eigenvalue weighted by molar-refractivity contribution is 7.84. The minimum atomic E-state index is -4.90. The summed E-state index contributed by atoms with van der Waals surface area (Å²) >= 11 is 0. The van der Waals surface area contributed by atoms with Crippen molar-refractivity contribution in [3.8, 4) is 11.5 Å². The van der Waals surface area contributed by atoms with Crippen LogP contribution in [0.5, 0.6) is 11.5 Å². The van der Waals surface area contributed by atoms with Gasteiger partial charge in [-0.3, -0.25) is 9.35 Å². The zero-order valence-electron chi connectivity index (χ0n) is 20.9. The lowest BCUT2D eigenvalue weighted by atomic mass is 9.73. The van der Waals surface area contributed by atoms with Crippen LogP contribution in [0.25, 0.3) is 0 Å². The normalized spacial score (nSPS) is 25.6. The number of aliphatic hydroxyl groups is 1. The van der Waals surface area contributed by atoms with Gasteiger partial charge in [0.25, 0.3) is 5.91 Å². The van der Waals surface area contributed by atoms with Crippen LogP contribution >= 0.6 is 0 Å². The molecule has 1 fully saturated rings. The topological polar surface area (TPSA) is 124 Å². The minimum absolute atomic E-state index is 0.0221. The first-order valence-corrected chi connectivity index (χ1v) is 13.6. The fourth-order valence-corrected chi connectivity index (χ4v) is 5.91. The second-order valence-corrected chi connectivity index (χ2v) is 11.2. The summed E-state index contributed by atoms with van der Waals surface area (Å²) in [7, 11) is -4.90. The monoisotopic (exact) mass is 507 g/mol. The molecule has 3 N–H and O–H groups in total. The molecule has 1 aliphatic carbocycles. The molecule has 1 amide bonds. The lowest BCUT2D eigenvalue weighted by Gasteiger charge is -2.45. The quantitative estimate of drug-likeness (QED) is 0.184. The minimum Gasteiger partial charge on any atom is -0.507 e. The Hall–Kier alpha value is -2.36. The van der Waals surface area contributed by atoms with Gasteiger partial charge in [-0.1, -0.05) is 43.6 Å². The van der Waals surface area contributed by atoms with Crippen molar-refractivity contribution < 1.29 is 32.7 Å². The van der Waals surface area contributed by atoms with Gasteiger partial charge < -0.3 is 14.9 Å². The van der Waals surface area contributed by atoms with Crippen LogP contribution in [-0.4, -0.2) is 45.7 Å². The summed E-state index contributed by atoms with van der Waals surface area (Å²) in [6.07, 6.45) is 4.82. The Morgan fingerprint density at radius 3 is 2.57 bits per heavy atom. The molecule has 0 radical (unpaired) electrons. The number of aromatic hydroxyl groups is 1. The lowest BCUT2D eigenvalue weighted by Crippen LogP contribution is -2.68. The first-order valence-electron chi connectivity index (χ1n) is 12.2. The van der Waals surface area contributed by atoms with Gasteiger partial charge in [-0.25, -0.2) is 0 Å². The van der Waals surface area contributed by atoms with Gasteiger partial charge in [0.15, 0.2) is 0 Å². The number of carbonyl (C=O) groups is 1. The van der Waals surface area contributed by atoms with Crippen molar-refractivity contribution in [2.24, 2.45) is 11.8 Å². The van der Waals surface area contributed by atoms with Crippen LogP contribution in [0, 0.1) is 11.8 Å². The molecule has 9 heteroatoms. The number of nitrogens with zero attached hydrogens (tertiary/aromatic N) is 1. The molecule has 1 aromatic rings. The Morgan fingerprint density at radius 1 is 1.31 bits per heavy atom. The molecule has 5 atom stereocenters. The summed E-state index contributed by atoms with van der Waals surface area (Å²) in [5, 5.41) is 21.3. The Morgan fingerprint density at radius 2 is 2.00 bits per heavy atom. The number of aryl methyl sites for hydroxylation is 1. The number of carbonyl (C=O) groups excluding carboxylic acids is 1. The summed E-state index contributed by atoms with van der Waals surface area (Å²) in [5.74, 6) is -2.08. The number of amides is 1. The highest BCUT2D eigenvalue weighted by Crippen LogP contribution is 2.48. The van der Waals surface area contributed by atoms with Crippen LogP contribution in [0.15, 0.2) is 35.9 Å². The van der Waals surface area contributed by atoms with E-state index < -0.39 is 34.5 Å². The zero-order chi connectivity index (χ0) is 26.1. The summed E-state index contributed by atoms with van der Waals surface area (Å²) in [6, 6.07) is 3.48. The first kappa shape index (κ1) is 27.2. The molecular weight excluding hydrogens is 470 g/mol. The molecule has 1 aromatic carbocycles. The highest BCUT2D eigenvalue weighted by atomic mass is 32.2. The van der Waals surface area contributed by atoms with Crippen molar-refractivity contribution in [2.75, 3.05) is 0 Å². The summed E-state index contributed by atoms with van der Waals surface area (Å²) in [4.78, 5) is 12.4. The zero-order valence-corrected chi connectivity index (χ0v) is 21.7. The number of hydrogen-bond acceptors (Lipinski definition) is 6. The van der Waals surface area contributed by atoms with E-state index in [1.54, 1.807) is 12.1 Å². The van der Waals surface area contributed by atoms with Gasteiger partial charge in [-0.15, -0.1) is 0 Å². The van der Waals surface area contributed by atoms with E-state index in [4.69, 9.17) is 4.74 Å².